The fraction of sp³-hybridized carbons (Fsp3) is 0.347. The number of carbonyl (C=O) groups excluding carboxylic acids is 2. The lowest BCUT2D eigenvalue weighted by atomic mass is 9.97. The van der Waals surface area contributed by atoms with E-state index in [4.69, 9.17) is 64.9 Å². The van der Waals surface area contributed by atoms with Gasteiger partial charge in [0.15, 0.2) is 11.6 Å². The number of aromatic carboxylic acids is 5. The van der Waals surface area contributed by atoms with Gasteiger partial charge in [0.25, 0.3) is 0 Å². The molecule has 0 atom stereocenters. The van der Waals surface area contributed by atoms with Gasteiger partial charge < -0.3 is 70.0 Å². The van der Waals surface area contributed by atoms with Crippen molar-refractivity contribution in [1.29, 1.82) is 0 Å². The molecule has 10 N–H and O–H groups in total. The molecule has 7 aromatic carbocycles. The molecule has 0 radical (unpaired) electrons. The minimum atomic E-state index is -1.02. The molecule has 0 fully saturated rings. The number of carboxylic acids is 5. The van der Waals surface area contributed by atoms with Gasteiger partial charge in [0.1, 0.15) is 42.0 Å². The topological polar surface area (TPSA) is 359 Å². The normalized spacial score (nSPS) is 9.41. The van der Waals surface area contributed by atoms with Crippen molar-refractivity contribution in [1.82, 2.24) is 0 Å². The molecule has 21 nitrogen and oxygen atoms in total. The second kappa shape index (κ2) is 53.1. The molecule has 0 unspecified atom stereocenters. The standard InChI is InChI=1S/C13H17BrO3.C13H18O3.C9H10O3.4C8H8O3.C2H5Br.3C2H6/c1-9-11(7-16-2)4-10(6-14)5-12(9)13(15)8-17-3;1-9-5-11(7-15-3)10(2)12(6-9)13(14)8-16-4;1-5-3-7(9(11)12)6(2)8(10)4-5;4*1-5-6(8(10)11)3-2-4-7(5)9;1-2-3;3*1-2/h4-5H,6-8H2,1-3H3;5-6H,7-8H2,1-4H3;3-4,10H,1-2H3,(H,11,12);4*2-4,9H,1H3,(H,10,11);2H2,1H3;3*1-2H3. The van der Waals surface area contributed by atoms with Crippen molar-refractivity contribution in [2.75, 3.05) is 47.0 Å². The molecule has 0 amide bonds. The minimum absolute atomic E-state index is 0.00477. The van der Waals surface area contributed by atoms with E-state index >= 15 is 0 Å². The number of benzene rings is 7. The summed E-state index contributed by atoms with van der Waals surface area (Å²) in [5.41, 5.74) is 11.1. The number of hydrogen-bond acceptors (Lipinski definition) is 16. The first-order valence-corrected chi connectivity index (χ1v) is 32.9. The first kappa shape index (κ1) is 95.4. The van der Waals surface area contributed by atoms with E-state index in [1.54, 1.807) is 61.8 Å². The summed E-state index contributed by atoms with van der Waals surface area (Å²) in [4.78, 5) is 76.2. The van der Waals surface area contributed by atoms with Crippen LogP contribution in [-0.2, 0) is 37.5 Å². The number of aryl methyl sites for hydroxylation is 2. The number of halogens is 2. The summed E-state index contributed by atoms with van der Waals surface area (Å²) in [5, 5.41) is 90.4. The van der Waals surface area contributed by atoms with Gasteiger partial charge in [0.2, 0.25) is 0 Å². The SMILES string of the molecule is CC.CC.CC.CCBr.COCC(=O)c1cc(C)cc(COC)c1C.COCC(=O)c1cc(CBr)cc(COC)c1C.Cc1c(O)cccc1C(=O)O.Cc1c(O)cccc1C(=O)O.Cc1c(O)cccc1C(=O)O.Cc1c(O)cccc1C(=O)O.Cc1cc(O)c(C)c(C(=O)O)c1. The summed E-state index contributed by atoms with van der Waals surface area (Å²) in [6.07, 6.45) is 0. The van der Waals surface area contributed by atoms with Gasteiger partial charge in [-0.1, -0.05) is 122 Å². The van der Waals surface area contributed by atoms with Crippen LogP contribution in [0.4, 0.5) is 0 Å². The number of Topliss-reactive ketones (excluding diaryl/α,β-unsaturated/α-hetero) is 2. The van der Waals surface area contributed by atoms with Crippen LogP contribution in [0.5, 0.6) is 28.7 Å². The van der Waals surface area contributed by atoms with Gasteiger partial charge in [0, 0.05) is 78.0 Å². The Morgan fingerprint density at radius 1 is 0.337 bits per heavy atom. The molecule has 23 heteroatoms. The quantitative estimate of drug-likeness (QED) is 0.0317. The largest absolute Gasteiger partial charge is 0.508 e. The first-order chi connectivity index (χ1) is 46.2. The summed E-state index contributed by atoms with van der Waals surface area (Å²) in [5.74, 6) is -4.94. The number of carboxylic acid groups (broad SMARTS) is 5. The van der Waals surface area contributed by atoms with Crippen molar-refractivity contribution in [3.05, 3.63) is 215 Å². The second-order valence-electron chi connectivity index (χ2n) is 19.8. The molecule has 7 aromatic rings. The molecule has 540 valence electrons. The maximum absolute atomic E-state index is 11.9. The maximum Gasteiger partial charge on any atom is 0.336 e. The van der Waals surface area contributed by atoms with Gasteiger partial charge in [0.05, 0.1) is 41.0 Å². The van der Waals surface area contributed by atoms with Crippen molar-refractivity contribution in [3.63, 3.8) is 0 Å². The zero-order valence-electron chi connectivity index (χ0n) is 59.9. The number of ketones is 2. The fourth-order valence-corrected chi connectivity index (χ4v) is 8.26. The van der Waals surface area contributed by atoms with Crippen LogP contribution in [-0.4, -0.2) is 139 Å². The van der Waals surface area contributed by atoms with Crippen molar-refractivity contribution in [2.45, 2.75) is 129 Å². The first-order valence-electron chi connectivity index (χ1n) is 30.7. The van der Waals surface area contributed by atoms with E-state index < -0.39 is 29.8 Å². The molecule has 0 spiro atoms. The molecule has 0 saturated heterocycles. The molecule has 98 heavy (non-hydrogen) atoms. The van der Waals surface area contributed by atoms with Crippen molar-refractivity contribution >= 4 is 73.3 Å². The fourth-order valence-electron chi connectivity index (χ4n) is 7.94. The predicted molar refractivity (Wildman–Crippen MR) is 391 cm³/mol. The number of phenols is 5. The molecule has 0 aliphatic carbocycles. The zero-order chi connectivity index (χ0) is 76.7. The molecule has 0 aliphatic heterocycles. The van der Waals surface area contributed by atoms with Gasteiger partial charge >= 0.3 is 29.8 Å². The van der Waals surface area contributed by atoms with Crippen LogP contribution in [0.1, 0.15) is 188 Å². The Morgan fingerprint density at radius 2 is 0.592 bits per heavy atom. The Hall–Kier alpha value is -8.97. The summed E-state index contributed by atoms with van der Waals surface area (Å²) in [7, 11) is 6.35. The van der Waals surface area contributed by atoms with Gasteiger partial charge in [-0.15, -0.1) is 0 Å². The Kier molecular flexibility index (Phi) is 51.7. The van der Waals surface area contributed by atoms with Crippen LogP contribution in [0.3, 0.4) is 0 Å². The number of ether oxygens (including phenoxy) is 4. The molecule has 7 rings (SSSR count). The highest BCUT2D eigenvalue weighted by Gasteiger charge is 2.16. The Balaban J connectivity index is -0.000000518. The molecule has 0 bridgehead atoms. The van der Waals surface area contributed by atoms with E-state index in [1.807, 2.05) is 87.4 Å². The monoisotopic (exact) mass is 1490 g/mol. The summed E-state index contributed by atoms with van der Waals surface area (Å²) in [6.45, 7) is 30.8. The van der Waals surface area contributed by atoms with E-state index in [1.165, 1.54) is 93.1 Å². The van der Waals surface area contributed by atoms with Crippen molar-refractivity contribution in [2.24, 2.45) is 0 Å². The molecular weight excluding hydrogens is 1400 g/mol. The number of aromatic hydroxyl groups is 5. The number of hydrogen-bond donors (Lipinski definition) is 10. The maximum atomic E-state index is 11.9. The predicted octanol–water partition coefficient (Wildman–Crippen LogP) is 16.9. The van der Waals surface area contributed by atoms with Gasteiger partial charge in [-0.05, 0) is 168 Å². The van der Waals surface area contributed by atoms with E-state index in [0.717, 1.165) is 60.7 Å². The molecule has 0 heterocycles. The minimum Gasteiger partial charge on any atom is -0.508 e. The van der Waals surface area contributed by atoms with E-state index in [0.29, 0.717) is 41.0 Å². The van der Waals surface area contributed by atoms with Crippen LogP contribution >= 0.6 is 31.9 Å². The van der Waals surface area contributed by atoms with Gasteiger partial charge in [-0.2, -0.15) is 0 Å². The van der Waals surface area contributed by atoms with Crippen LogP contribution in [0, 0.1) is 62.3 Å². The lowest BCUT2D eigenvalue weighted by molar-refractivity contribution is 0.0684. The van der Waals surface area contributed by atoms with E-state index in [9.17, 15) is 38.7 Å². The van der Waals surface area contributed by atoms with Crippen LogP contribution in [0.15, 0.2) is 109 Å². The third-order valence-corrected chi connectivity index (χ3v) is 13.7. The van der Waals surface area contributed by atoms with E-state index in [2.05, 4.69) is 37.9 Å². The zero-order valence-corrected chi connectivity index (χ0v) is 63.0. The number of methoxy groups -OCH3 is 4. The van der Waals surface area contributed by atoms with Gasteiger partial charge in [-0.3, -0.25) is 9.59 Å². The lowest BCUT2D eigenvalue weighted by Crippen LogP contribution is -2.11. The van der Waals surface area contributed by atoms with Gasteiger partial charge in [-0.25, -0.2) is 24.0 Å². The Bertz CT molecular complexity index is 3370. The number of carbonyl (C=O) groups is 7. The Morgan fingerprint density at radius 3 is 0.847 bits per heavy atom. The Labute approximate surface area is 593 Å². The lowest BCUT2D eigenvalue weighted by Gasteiger charge is -2.12. The van der Waals surface area contributed by atoms with E-state index in [-0.39, 0.29) is 81.3 Å². The smallest absolute Gasteiger partial charge is 0.336 e. The van der Waals surface area contributed by atoms with Crippen molar-refractivity contribution < 1.29 is 104 Å². The highest BCUT2D eigenvalue weighted by atomic mass is 79.9. The number of alkyl halides is 2. The molecule has 0 aromatic heterocycles. The second-order valence-corrected chi connectivity index (χ2v) is 21.5. The summed E-state index contributed by atoms with van der Waals surface area (Å²) in [6, 6.07) is 28.7. The number of phenolic OH excluding ortho intramolecular Hbond substituents is 5. The number of rotatable bonds is 16. The molecular formula is C75H100Br2O21. The third-order valence-electron chi connectivity index (χ3n) is 13.0. The van der Waals surface area contributed by atoms with Crippen LogP contribution in [0.2, 0.25) is 0 Å². The average molecular weight is 1500 g/mol. The highest BCUT2D eigenvalue weighted by molar-refractivity contribution is 9.09. The summed E-state index contributed by atoms with van der Waals surface area (Å²) >= 11 is 6.55. The average Bonchev–Trinajstić information content (AvgIpc) is 0.841. The summed E-state index contributed by atoms with van der Waals surface area (Å²) < 4.78 is 20.0. The van der Waals surface area contributed by atoms with Crippen LogP contribution in [0.25, 0.3) is 0 Å². The highest BCUT2D eigenvalue weighted by Crippen LogP contribution is 2.25. The van der Waals surface area contributed by atoms with Crippen LogP contribution < -0.4 is 0 Å². The van der Waals surface area contributed by atoms with Crippen molar-refractivity contribution in [3.8, 4) is 28.7 Å². The molecule has 0 aliphatic rings. The third kappa shape index (κ3) is 34.3. The molecule has 0 saturated carbocycles.